The first-order chi connectivity index (χ1) is 14.3. The van der Waals surface area contributed by atoms with E-state index in [1.54, 1.807) is 12.1 Å². The predicted molar refractivity (Wildman–Crippen MR) is 114 cm³/mol. The van der Waals surface area contributed by atoms with Gasteiger partial charge in [-0.15, -0.1) is 0 Å². The Morgan fingerprint density at radius 1 is 1.10 bits per heavy atom. The fraction of sp³-hybridized carbons (Fsp3) is 0.273. The molecule has 4 rings (SSSR count). The normalized spacial score (nSPS) is 13.3. The first-order valence-electron chi connectivity index (χ1n) is 9.91. The molecule has 156 valence electrons. The van der Waals surface area contributed by atoms with Gasteiger partial charge in [-0.05, 0) is 62.4 Å². The van der Waals surface area contributed by atoms with E-state index in [0.29, 0.717) is 18.7 Å². The molecule has 0 atom stereocenters. The molecule has 0 fully saturated rings. The van der Waals surface area contributed by atoms with E-state index in [1.165, 1.54) is 17.7 Å². The number of hydrogen-bond acceptors (Lipinski definition) is 4. The summed E-state index contributed by atoms with van der Waals surface area (Å²) in [6, 6.07) is 14.5. The third-order valence-corrected chi connectivity index (χ3v) is 6.30. The fourth-order valence-electron chi connectivity index (χ4n) is 3.77. The van der Waals surface area contributed by atoms with Crippen LogP contribution in [0.5, 0.6) is 0 Å². The van der Waals surface area contributed by atoms with Gasteiger partial charge in [0, 0.05) is 17.8 Å². The minimum Gasteiger partial charge on any atom is -0.350 e. The third-order valence-electron chi connectivity index (χ3n) is 5.37. The zero-order chi connectivity index (χ0) is 21.3. The van der Waals surface area contributed by atoms with Crippen LogP contribution in [0.3, 0.4) is 0 Å². The molecule has 0 unspecified atom stereocenters. The van der Waals surface area contributed by atoms with Gasteiger partial charge >= 0.3 is 0 Å². The van der Waals surface area contributed by atoms with E-state index in [-0.39, 0.29) is 10.8 Å². The summed E-state index contributed by atoms with van der Waals surface area (Å²) < 4.78 is 24.6. The van der Waals surface area contributed by atoms with Crippen molar-refractivity contribution in [1.82, 2.24) is 15.1 Å². The molecule has 0 aliphatic heterocycles. The van der Waals surface area contributed by atoms with Crippen LogP contribution in [0, 0.1) is 6.92 Å². The first-order valence-corrected chi connectivity index (χ1v) is 11.5. The van der Waals surface area contributed by atoms with Gasteiger partial charge in [0.1, 0.15) is 0 Å². The molecule has 8 heteroatoms. The summed E-state index contributed by atoms with van der Waals surface area (Å²) in [6.45, 7) is 2.47. The molecule has 3 aromatic rings. The molecule has 0 saturated heterocycles. The number of nitrogens with two attached hydrogens (primary N) is 1. The Labute approximate surface area is 176 Å². The molecule has 0 radical (unpaired) electrons. The number of aryl methyl sites for hydroxylation is 1. The van der Waals surface area contributed by atoms with Gasteiger partial charge in [0.05, 0.1) is 10.6 Å². The number of hydrogen-bond donors (Lipinski definition) is 2. The zero-order valence-electron chi connectivity index (χ0n) is 16.8. The largest absolute Gasteiger partial charge is 0.350 e. The Balaban J connectivity index is 1.45. The molecule has 2 aromatic carbocycles. The number of carbonyl (C=O) groups is 1. The molecule has 0 spiro atoms. The Morgan fingerprint density at radius 2 is 1.80 bits per heavy atom. The maximum absolute atomic E-state index is 12.8. The predicted octanol–water partition coefficient (Wildman–Crippen LogP) is 2.29. The topological polar surface area (TPSA) is 107 Å². The van der Waals surface area contributed by atoms with Crippen molar-refractivity contribution in [3.63, 3.8) is 0 Å². The van der Waals surface area contributed by atoms with Crippen molar-refractivity contribution in [2.75, 3.05) is 6.54 Å². The lowest BCUT2D eigenvalue weighted by molar-refractivity contribution is 0.0948. The minimum atomic E-state index is -3.70. The van der Waals surface area contributed by atoms with Crippen molar-refractivity contribution in [3.05, 3.63) is 76.6 Å². The number of amides is 1. The average Bonchev–Trinajstić information content (AvgIpc) is 3.31. The highest BCUT2D eigenvalue weighted by Crippen LogP contribution is 2.28. The van der Waals surface area contributed by atoms with Gasteiger partial charge in [0.2, 0.25) is 10.0 Å². The highest BCUT2D eigenvalue weighted by molar-refractivity contribution is 7.89. The summed E-state index contributed by atoms with van der Waals surface area (Å²) in [4.78, 5) is 12.9. The van der Waals surface area contributed by atoms with Gasteiger partial charge < -0.3 is 5.32 Å². The van der Waals surface area contributed by atoms with E-state index >= 15 is 0 Å². The number of benzene rings is 2. The average molecular weight is 425 g/mol. The molecule has 3 N–H and O–H groups in total. The number of aromatic nitrogens is 2. The Kier molecular flexibility index (Phi) is 5.44. The van der Waals surface area contributed by atoms with Gasteiger partial charge in [-0.25, -0.2) is 18.2 Å². The lowest BCUT2D eigenvalue weighted by atomic mass is 10.1. The minimum absolute atomic E-state index is 0.0764. The lowest BCUT2D eigenvalue weighted by Gasteiger charge is -2.06. The number of fused-ring (bicyclic) bond motifs is 1. The van der Waals surface area contributed by atoms with E-state index < -0.39 is 10.0 Å². The molecular formula is C22H24N4O3S. The van der Waals surface area contributed by atoms with E-state index in [9.17, 15) is 13.2 Å². The van der Waals surface area contributed by atoms with Crippen LogP contribution in [-0.2, 0) is 29.3 Å². The second kappa shape index (κ2) is 8.04. The van der Waals surface area contributed by atoms with Crippen molar-refractivity contribution >= 4 is 15.9 Å². The van der Waals surface area contributed by atoms with Crippen LogP contribution in [0.25, 0.3) is 5.69 Å². The summed E-state index contributed by atoms with van der Waals surface area (Å²) in [5.41, 5.74) is 5.70. The number of rotatable bonds is 6. The van der Waals surface area contributed by atoms with Crippen molar-refractivity contribution in [2.45, 2.75) is 37.5 Å². The fourth-order valence-corrected chi connectivity index (χ4v) is 4.28. The summed E-state index contributed by atoms with van der Waals surface area (Å²) in [7, 11) is -3.70. The Bertz CT molecular complexity index is 1180. The number of sulfonamides is 1. The van der Waals surface area contributed by atoms with E-state index in [0.717, 1.165) is 41.8 Å². The molecule has 1 aromatic heterocycles. The molecule has 1 aliphatic carbocycles. The zero-order valence-corrected chi connectivity index (χ0v) is 17.6. The van der Waals surface area contributed by atoms with Crippen LogP contribution in [0.15, 0.2) is 53.4 Å². The van der Waals surface area contributed by atoms with Crippen LogP contribution in [-0.4, -0.2) is 30.7 Å². The van der Waals surface area contributed by atoms with Crippen LogP contribution < -0.4 is 10.5 Å². The van der Waals surface area contributed by atoms with Crippen molar-refractivity contribution < 1.29 is 13.2 Å². The van der Waals surface area contributed by atoms with E-state index in [2.05, 4.69) is 10.4 Å². The molecule has 1 amide bonds. The maximum atomic E-state index is 12.8. The molecule has 30 heavy (non-hydrogen) atoms. The second-order valence-electron chi connectivity index (χ2n) is 7.57. The highest BCUT2D eigenvalue weighted by atomic mass is 32.2. The number of nitrogens with zero attached hydrogens (tertiary/aromatic N) is 2. The van der Waals surface area contributed by atoms with Gasteiger partial charge in [-0.2, -0.15) is 5.10 Å². The van der Waals surface area contributed by atoms with Crippen molar-refractivity contribution in [2.24, 2.45) is 5.14 Å². The molecule has 7 nitrogen and oxygen atoms in total. The number of primary sulfonamides is 1. The molecular weight excluding hydrogens is 400 g/mol. The van der Waals surface area contributed by atoms with Crippen LogP contribution >= 0.6 is 0 Å². The van der Waals surface area contributed by atoms with Gasteiger partial charge in [0.25, 0.3) is 5.91 Å². The summed E-state index contributed by atoms with van der Waals surface area (Å²) in [6.07, 6.45) is 3.38. The highest BCUT2D eigenvalue weighted by Gasteiger charge is 2.26. The van der Waals surface area contributed by atoms with E-state index in [4.69, 9.17) is 5.14 Å². The third kappa shape index (κ3) is 4.15. The molecule has 1 heterocycles. The van der Waals surface area contributed by atoms with Crippen molar-refractivity contribution in [3.8, 4) is 5.69 Å². The van der Waals surface area contributed by atoms with Gasteiger partial charge in [-0.1, -0.05) is 29.8 Å². The quantitative estimate of drug-likeness (QED) is 0.633. The van der Waals surface area contributed by atoms with Crippen molar-refractivity contribution in [1.29, 1.82) is 0 Å². The van der Waals surface area contributed by atoms with Crippen LogP contribution in [0.4, 0.5) is 0 Å². The number of carbonyl (C=O) groups excluding carboxylic acids is 1. The molecule has 0 saturated carbocycles. The van der Waals surface area contributed by atoms with Crippen LogP contribution in [0.2, 0.25) is 0 Å². The molecule has 0 bridgehead atoms. The summed E-state index contributed by atoms with van der Waals surface area (Å²) in [5, 5.41) is 12.7. The van der Waals surface area contributed by atoms with Gasteiger partial charge in [0.15, 0.2) is 5.69 Å². The summed E-state index contributed by atoms with van der Waals surface area (Å²) >= 11 is 0. The summed E-state index contributed by atoms with van der Waals surface area (Å²) in [5.74, 6) is -0.180. The maximum Gasteiger partial charge on any atom is 0.272 e. The lowest BCUT2D eigenvalue weighted by Crippen LogP contribution is -2.27. The molecule has 1 aliphatic rings. The van der Waals surface area contributed by atoms with Crippen LogP contribution in [0.1, 0.15) is 39.3 Å². The number of nitrogens with one attached hydrogen (secondary N) is 1. The standard InChI is InChI=1S/C22H24N4O3S/c1-15-5-9-17(10-6-15)26-20-4-2-3-19(20)21(25-26)22(27)24-14-13-16-7-11-18(12-8-16)30(23,28)29/h5-12H,2-4,13-14H2,1H3,(H,24,27)(H2,23,28,29). The Hall–Kier alpha value is -2.97. The first kappa shape index (κ1) is 20.3. The second-order valence-corrected chi connectivity index (χ2v) is 9.13. The van der Waals surface area contributed by atoms with Gasteiger partial charge in [-0.3, -0.25) is 4.79 Å². The SMILES string of the molecule is Cc1ccc(-n2nc(C(=O)NCCc3ccc(S(N)(=O)=O)cc3)c3c2CCC3)cc1. The monoisotopic (exact) mass is 424 g/mol. The van der Waals surface area contributed by atoms with E-state index in [1.807, 2.05) is 35.9 Å². The Morgan fingerprint density at radius 3 is 2.47 bits per heavy atom. The smallest absolute Gasteiger partial charge is 0.272 e.